The van der Waals surface area contributed by atoms with Crippen molar-refractivity contribution >= 4 is 29.7 Å². The normalized spacial score (nSPS) is 14.1. The minimum Gasteiger partial charge on any atom is -0.481 e. The fourth-order valence-electron chi connectivity index (χ4n) is 1.58. The smallest absolute Gasteiger partial charge is 0.328 e. The molecule has 24 heavy (non-hydrogen) atoms. The van der Waals surface area contributed by atoms with Crippen LogP contribution in [0, 0.1) is 0 Å². The van der Waals surface area contributed by atoms with Gasteiger partial charge in [0.2, 0.25) is 17.7 Å². The fraction of sp³-hybridized carbons (Fsp3) is 0.583. The van der Waals surface area contributed by atoms with E-state index in [9.17, 15) is 24.0 Å². The number of aliphatic hydroxyl groups is 1. The van der Waals surface area contributed by atoms with Gasteiger partial charge in [-0.25, -0.2) is 4.79 Å². The molecule has 3 amide bonds. The van der Waals surface area contributed by atoms with Gasteiger partial charge in [0.15, 0.2) is 0 Å². The van der Waals surface area contributed by atoms with Crippen molar-refractivity contribution in [3.63, 3.8) is 0 Å². The van der Waals surface area contributed by atoms with Crippen LogP contribution in [0.3, 0.4) is 0 Å². The predicted octanol–water partition coefficient (Wildman–Crippen LogP) is -3.90. The molecule has 0 aromatic rings. The van der Waals surface area contributed by atoms with Gasteiger partial charge < -0.3 is 37.4 Å². The fourth-order valence-corrected chi connectivity index (χ4v) is 1.58. The van der Waals surface area contributed by atoms with E-state index in [1.54, 1.807) is 0 Å². The molecule has 0 aromatic carbocycles. The first-order chi connectivity index (χ1) is 11.1. The predicted molar refractivity (Wildman–Crippen MR) is 77.2 cm³/mol. The second-order valence-electron chi connectivity index (χ2n) is 4.85. The molecular formula is C12H20N4O8. The van der Waals surface area contributed by atoms with E-state index in [-0.39, 0.29) is 6.42 Å². The molecule has 12 nitrogen and oxygen atoms in total. The number of carboxylic acid groups (broad SMARTS) is 2. The maximum Gasteiger partial charge on any atom is 0.328 e. The first-order valence-corrected chi connectivity index (χ1v) is 6.78. The summed E-state index contributed by atoms with van der Waals surface area (Å²) < 4.78 is 0. The number of aliphatic carboxylic acids is 2. The number of hydrogen-bond donors (Lipinski definition) is 7. The molecule has 0 spiro atoms. The van der Waals surface area contributed by atoms with Crippen LogP contribution in [0.2, 0.25) is 0 Å². The van der Waals surface area contributed by atoms with Crippen molar-refractivity contribution in [2.45, 2.75) is 37.4 Å². The number of nitrogens with two attached hydrogens (primary N) is 2. The highest BCUT2D eigenvalue weighted by atomic mass is 16.4. The number of hydrogen-bond acceptors (Lipinski definition) is 7. The van der Waals surface area contributed by atoms with Gasteiger partial charge in [-0.05, 0) is 6.42 Å². The first-order valence-electron chi connectivity index (χ1n) is 6.78. The van der Waals surface area contributed by atoms with E-state index in [0.717, 1.165) is 0 Å². The van der Waals surface area contributed by atoms with Crippen molar-refractivity contribution in [3.05, 3.63) is 0 Å². The molecule has 0 saturated heterocycles. The molecule has 0 aliphatic rings. The van der Waals surface area contributed by atoms with Gasteiger partial charge in [0.25, 0.3) is 0 Å². The Morgan fingerprint density at radius 2 is 1.50 bits per heavy atom. The lowest BCUT2D eigenvalue weighted by molar-refractivity contribution is -0.144. The second-order valence-corrected chi connectivity index (χ2v) is 4.85. The Bertz CT molecular complexity index is 509. The molecule has 0 aliphatic carbocycles. The molecule has 0 heterocycles. The summed E-state index contributed by atoms with van der Waals surface area (Å²) in [5, 5.41) is 30.4. The van der Waals surface area contributed by atoms with Gasteiger partial charge in [0, 0.05) is 6.42 Å². The van der Waals surface area contributed by atoms with Crippen molar-refractivity contribution in [2.75, 3.05) is 6.61 Å². The van der Waals surface area contributed by atoms with Crippen LogP contribution in [0.15, 0.2) is 0 Å². The number of carbonyl (C=O) groups excluding carboxylic acids is 3. The molecule has 0 radical (unpaired) electrons. The molecule has 12 heteroatoms. The minimum atomic E-state index is -1.62. The zero-order chi connectivity index (χ0) is 18.9. The Balaban J connectivity index is 4.98. The number of rotatable bonds is 11. The lowest BCUT2D eigenvalue weighted by atomic mass is 10.1. The van der Waals surface area contributed by atoms with E-state index in [4.69, 9.17) is 26.8 Å². The minimum absolute atomic E-state index is 0.353. The number of aliphatic hydroxyl groups excluding tert-OH is 1. The standard InChI is InChI=1S/C12H20N4O8/c13-5(3-8(14)18)10(21)15-6(1-2-9(19)20)11(22)16-7(4-17)12(23)24/h5-7,17H,1-4,13H2,(H2,14,18)(H,15,21)(H,16,22)(H,19,20)(H,23,24). The first kappa shape index (κ1) is 21.3. The summed E-state index contributed by atoms with van der Waals surface area (Å²) in [5.74, 6) is -5.57. The van der Waals surface area contributed by atoms with E-state index in [2.05, 4.69) is 5.32 Å². The van der Waals surface area contributed by atoms with Crippen molar-refractivity contribution < 1.29 is 39.3 Å². The number of amides is 3. The van der Waals surface area contributed by atoms with Crippen molar-refractivity contribution in [2.24, 2.45) is 11.5 Å². The number of primary amides is 1. The number of carboxylic acids is 2. The molecule has 0 saturated carbocycles. The molecule has 0 rings (SSSR count). The third kappa shape index (κ3) is 8.05. The van der Waals surface area contributed by atoms with Gasteiger partial charge in [-0.1, -0.05) is 0 Å². The summed E-state index contributed by atoms with van der Waals surface area (Å²) in [6.07, 6.45) is -1.35. The summed E-state index contributed by atoms with van der Waals surface area (Å²) in [6.45, 7) is -0.901. The van der Waals surface area contributed by atoms with Crippen LogP contribution in [-0.2, 0) is 24.0 Å². The van der Waals surface area contributed by atoms with Gasteiger partial charge in [-0.15, -0.1) is 0 Å². The van der Waals surface area contributed by atoms with Gasteiger partial charge in [-0.3, -0.25) is 19.2 Å². The van der Waals surface area contributed by atoms with Crippen LogP contribution in [0.5, 0.6) is 0 Å². The van der Waals surface area contributed by atoms with Crippen molar-refractivity contribution in [1.82, 2.24) is 10.6 Å². The van der Waals surface area contributed by atoms with E-state index >= 15 is 0 Å². The summed E-state index contributed by atoms with van der Waals surface area (Å²) >= 11 is 0. The Morgan fingerprint density at radius 1 is 0.958 bits per heavy atom. The van der Waals surface area contributed by atoms with E-state index in [1.165, 1.54) is 0 Å². The Hall–Kier alpha value is -2.73. The monoisotopic (exact) mass is 348 g/mol. The average molecular weight is 348 g/mol. The lowest BCUT2D eigenvalue weighted by Gasteiger charge is -2.21. The molecule has 3 atom stereocenters. The summed E-state index contributed by atoms with van der Waals surface area (Å²) in [7, 11) is 0. The number of carbonyl (C=O) groups is 5. The SMILES string of the molecule is NC(=O)CC(N)C(=O)NC(CCC(=O)O)C(=O)NC(CO)C(=O)O. The third-order valence-corrected chi connectivity index (χ3v) is 2.83. The maximum atomic E-state index is 12.0. The molecule has 9 N–H and O–H groups in total. The largest absolute Gasteiger partial charge is 0.481 e. The van der Waals surface area contributed by atoms with Crippen LogP contribution in [-0.4, -0.2) is 69.7 Å². The zero-order valence-electron chi connectivity index (χ0n) is 12.6. The van der Waals surface area contributed by atoms with Crippen molar-refractivity contribution in [3.8, 4) is 0 Å². The topological polar surface area (TPSA) is 222 Å². The van der Waals surface area contributed by atoms with E-state index in [1.807, 2.05) is 5.32 Å². The van der Waals surface area contributed by atoms with Gasteiger partial charge in [0.1, 0.15) is 12.1 Å². The summed E-state index contributed by atoms with van der Waals surface area (Å²) in [5.41, 5.74) is 10.3. The van der Waals surface area contributed by atoms with Crippen LogP contribution in [0.1, 0.15) is 19.3 Å². The van der Waals surface area contributed by atoms with E-state index in [0.29, 0.717) is 0 Å². The highest BCUT2D eigenvalue weighted by molar-refractivity contribution is 5.93. The van der Waals surface area contributed by atoms with E-state index < -0.39 is 67.2 Å². The Morgan fingerprint density at radius 3 is 1.92 bits per heavy atom. The highest BCUT2D eigenvalue weighted by Crippen LogP contribution is 2.01. The molecule has 0 bridgehead atoms. The van der Waals surface area contributed by atoms with Crippen LogP contribution < -0.4 is 22.1 Å². The number of nitrogens with one attached hydrogen (secondary N) is 2. The average Bonchev–Trinajstić information content (AvgIpc) is 2.46. The van der Waals surface area contributed by atoms with Crippen LogP contribution in [0.25, 0.3) is 0 Å². The van der Waals surface area contributed by atoms with Gasteiger partial charge in [0.05, 0.1) is 19.1 Å². The molecular weight excluding hydrogens is 328 g/mol. The molecule has 0 aliphatic heterocycles. The molecule has 136 valence electrons. The van der Waals surface area contributed by atoms with Gasteiger partial charge in [-0.2, -0.15) is 0 Å². The molecule has 0 aromatic heterocycles. The molecule has 0 fully saturated rings. The third-order valence-electron chi connectivity index (χ3n) is 2.83. The van der Waals surface area contributed by atoms with Crippen LogP contribution in [0.4, 0.5) is 0 Å². The quantitative estimate of drug-likeness (QED) is 0.193. The summed E-state index contributed by atoms with van der Waals surface area (Å²) in [4.78, 5) is 55.9. The Labute approximate surface area is 136 Å². The second kappa shape index (κ2) is 10.1. The van der Waals surface area contributed by atoms with Crippen molar-refractivity contribution in [1.29, 1.82) is 0 Å². The zero-order valence-corrected chi connectivity index (χ0v) is 12.6. The summed E-state index contributed by atoms with van der Waals surface area (Å²) in [6, 6.07) is -4.39. The Kier molecular flexibility index (Phi) is 8.97. The lowest BCUT2D eigenvalue weighted by Crippen LogP contribution is -2.55. The van der Waals surface area contributed by atoms with Gasteiger partial charge >= 0.3 is 11.9 Å². The molecule has 3 unspecified atom stereocenters. The van der Waals surface area contributed by atoms with Crippen LogP contribution >= 0.6 is 0 Å². The highest BCUT2D eigenvalue weighted by Gasteiger charge is 2.28. The maximum absolute atomic E-state index is 12.0.